The van der Waals surface area contributed by atoms with Crippen molar-refractivity contribution in [2.75, 3.05) is 5.75 Å². The maximum Gasteiger partial charge on any atom is 0.230 e. The topological polar surface area (TPSA) is 59.8 Å². The first kappa shape index (κ1) is 16.4. The summed E-state index contributed by atoms with van der Waals surface area (Å²) >= 11 is 1.46. The van der Waals surface area contributed by atoms with Crippen molar-refractivity contribution in [3.8, 4) is 5.69 Å². The number of benzene rings is 1. The van der Waals surface area contributed by atoms with Crippen LogP contribution in [0.2, 0.25) is 0 Å². The molecule has 0 aliphatic heterocycles. The molecule has 4 aliphatic rings. The minimum absolute atomic E-state index is 0.0828. The van der Waals surface area contributed by atoms with E-state index in [1.807, 2.05) is 34.9 Å². The van der Waals surface area contributed by atoms with Crippen LogP contribution in [0, 0.1) is 17.8 Å². The Morgan fingerprint density at radius 2 is 1.77 bits per heavy atom. The van der Waals surface area contributed by atoms with Gasteiger partial charge in [-0.3, -0.25) is 9.36 Å². The van der Waals surface area contributed by atoms with Crippen LogP contribution in [0.1, 0.15) is 38.5 Å². The lowest BCUT2D eigenvalue weighted by Crippen LogP contribution is -2.60. The molecule has 0 atom stereocenters. The van der Waals surface area contributed by atoms with Gasteiger partial charge in [0.05, 0.1) is 5.75 Å². The van der Waals surface area contributed by atoms with Crippen LogP contribution in [0.4, 0.5) is 0 Å². The average molecular weight is 369 g/mol. The summed E-state index contributed by atoms with van der Waals surface area (Å²) in [4.78, 5) is 12.7. The number of nitrogens with zero attached hydrogens (tertiary/aromatic N) is 3. The van der Waals surface area contributed by atoms with Gasteiger partial charge in [0.25, 0.3) is 0 Å². The number of amides is 1. The van der Waals surface area contributed by atoms with Crippen molar-refractivity contribution in [2.45, 2.75) is 49.2 Å². The first-order chi connectivity index (χ1) is 12.7. The van der Waals surface area contributed by atoms with Crippen molar-refractivity contribution in [3.05, 3.63) is 36.7 Å². The van der Waals surface area contributed by atoms with Gasteiger partial charge in [-0.2, -0.15) is 0 Å². The normalized spacial score (nSPS) is 31.9. The van der Waals surface area contributed by atoms with Gasteiger partial charge in [-0.05, 0) is 68.4 Å². The second-order valence-corrected chi connectivity index (χ2v) is 9.30. The third kappa shape index (κ3) is 3.04. The molecule has 1 heterocycles. The summed E-state index contributed by atoms with van der Waals surface area (Å²) in [6.45, 7) is 0. The first-order valence-electron chi connectivity index (χ1n) is 9.58. The van der Waals surface area contributed by atoms with Gasteiger partial charge in [0.15, 0.2) is 5.16 Å². The van der Waals surface area contributed by atoms with E-state index in [1.165, 1.54) is 50.3 Å². The van der Waals surface area contributed by atoms with E-state index >= 15 is 0 Å². The zero-order valence-corrected chi connectivity index (χ0v) is 15.6. The number of para-hydroxylation sites is 1. The van der Waals surface area contributed by atoms with E-state index in [-0.39, 0.29) is 11.4 Å². The molecule has 0 spiro atoms. The highest BCUT2D eigenvalue weighted by Crippen LogP contribution is 2.55. The zero-order valence-electron chi connectivity index (χ0n) is 14.8. The summed E-state index contributed by atoms with van der Waals surface area (Å²) in [7, 11) is 0. The van der Waals surface area contributed by atoms with Gasteiger partial charge in [0.1, 0.15) is 6.33 Å². The Labute approximate surface area is 158 Å². The number of carbonyl (C=O) groups is 1. The molecule has 0 unspecified atom stereocenters. The Morgan fingerprint density at radius 3 is 2.42 bits per heavy atom. The number of thioether (sulfide) groups is 1. The number of rotatable bonds is 5. The van der Waals surface area contributed by atoms with E-state index < -0.39 is 0 Å². The lowest BCUT2D eigenvalue weighted by molar-refractivity contribution is -0.124. The van der Waals surface area contributed by atoms with Crippen LogP contribution in [0.3, 0.4) is 0 Å². The monoisotopic (exact) mass is 368 g/mol. The third-order valence-corrected chi connectivity index (χ3v) is 7.27. The van der Waals surface area contributed by atoms with Crippen LogP contribution in [0.15, 0.2) is 41.8 Å². The maximum atomic E-state index is 12.7. The van der Waals surface area contributed by atoms with E-state index in [2.05, 4.69) is 15.5 Å². The Morgan fingerprint density at radius 1 is 1.12 bits per heavy atom. The minimum Gasteiger partial charge on any atom is -0.350 e. The second-order valence-electron chi connectivity index (χ2n) is 8.35. The summed E-state index contributed by atoms with van der Waals surface area (Å²) < 4.78 is 1.93. The highest BCUT2D eigenvalue weighted by atomic mass is 32.2. The molecule has 1 aromatic carbocycles. The zero-order chi connectivity index (χ0) is 17.6. The van der Waals surface area contributed by atoms with Gasteiger partial charge in [0, 0.05) is 11.2 Å². The molecule has 6 rings (SSSR count). The molecular formula is C20H24N4OS. The van der Waals surface area contributed by atoms with Crippen molar-refractivity contribution >= 4 is 17.7 Å². The van der Waals surface area contributed by atoms with Gasteiger partial charge in [0.2, 0.25) is 5.91 Å². The lowest BCUT2D eigenvalue weighted by Gasteiger charge is -2.56. The third-order valence-electron chi connectivity index (χ3n) is 6.33. The number of hydrogen-bond donors (Lipinski definition) is 1. The number of nitrogens with one attached hydrogen (secondary N) is 1. The first-order valence-corrected chi connectivity index (χ1v) is 10.6. The Kier molecular flexibility index (Phi) is 4.03. The molecule has 0 saturated heterocycles. The smallest absolute Gasteiger partial charge is 0.230 e. The molecule has 1 amide bonds. The van der Waals surface area contributed by atoms with Crippen LogP contribution in [-0.2, 0) is 4.79 Å². The van der Waals surface area contributed by atoms with Crippen LogP contribution in [0.25, 0.3) is 5.69 Å². The summed E-state index contributed by atoms with van der Waals surface area (Å²) in [6, 6.07) is 10.00. The SMILES string of the molecule is O=C(CSc1nncn1-c1ccccc1)NC12CC3CC(CC(C3)C1)C2. The molecule has 5 nitrogen and oxygen atoms in total. The Balaban J connectivity index is 1.23. The summed E-state index contributed by atoms with van der Waals surface area (Å²) in [5.74, 6) is 3.06. The molecule has 6 heteroatoms. The summed E-state index contributed by atoms with van der Waals surface area (Å²) in [6.07, 6.45) is 9.45. The van der Waals surface area contributed by atoms with Crippen molar-refractivity contribution < 1.29 is 4.79 Å². The molecule has 4 aliphatic carbocycles. The number of aromatic nitrogens is 3. The number of hydrogen-bond acceptors (Lipinski definition) is 4. The largest absolute Gasteiger partial charge is 0.350 e. The highest BCUT2D eigenvalue weighted by molar-refractivity contribution is 7.99. The fourth-order valence-corrected chi connectivity index (χ4v) is 6.54. The predicted octanol–water partition coefficient (Wildman–Crippen LogP) is 3.44. The molecule has 1 aromatic heterocycles. The molecule has 136 valence electrons. The van der Waals surface area contributed by atoms with Gasteiger partial charge in [-0.15, -0.1) is 10.2 Å². The van der Waals surface area contributed by atoms with Crippen molar-refractivity contribution in [2.24, 2.45) is 17.8 Å². The second kappa shape index (κ2) is 6.41. The molecule has 26 heavy (non-hydrogen) atoms. The van der Waals surface area contributed by atoms with Crippen LogP contribution in [-0.4, -0.2) is 32.0 Å². The van der Waals surface area contributed by atoms with E-state index in [0.717, 1.165) is 28.6 Å². The Bertz CT molecular complexity index is 768. The van der Waals surface area contributed by atoms with Gasteiger partial charge in [-0.25, -0.2) is 0 Å². The molecule has 0 radical (unpaired) electrons. The lowest BCUT2D eigenvalue weighted by atomic mass is 9.53. The van der Waals surface area contributed by atoms with E-state index in [0.29, 0.717) is 5.75 Å². The van der Waals surface area contributed by atoms with Crippen LogP contribution >= 0.6 is 11.8 Å². The van der Waals surface area contributed by atoms with E-state index in [4.69, 9.17) is 0 Å². The summed E-state index contributed by atoms with van der Waals surface area (Å²) in [5, 5.41) is 12.4. The average Bonchev–Trinajstić information content (AvgIpc) is 3.08. The minimum atomic E-state index is 0.0828. The van der Waals surface area contributed by atoms with Crippen molar-refractivity contribution in [3.63, 3.8) is 0 Å². The van der Waals surface area contributed by atoms with E-state index in [9.17, 15) is 4.79 Å². The molecule has 4 fully saturated rings. The molecule has 4 saturated carbocycles. The fourth-order valence-electron chi connectivity index (χ4n) is 5.81. The fraction of sp³-hybridized carbons (Fsp3) is 0.550. The van der Waals surface area contributed by atoms with Crippen molar-refractivity contribution in [1.29, 1.82) is 0 Å². The Hall–Kier alpha value is -1.82. The molecule has 4 bridgehead atoms. The van der Waals surface area contributed by atoms with Crippen LogP contribution < -0.4 is 5.32 Å². The van der Waals surface area contributed by atoms with Crippen LogP contribution in [0.5, 0.6) is 0 Å². The summed E-state index contributed by atoms with van der Waals surface area (Å²) in [5.41, 5.74) is 1.10. The maximum absolute atomic E-state index is 12.7. The standard InChI is InChI=1S/C20H24N4OS/c25-18(22-20-9-14-6-15(10-20)8-16(7-14)11-20)12-26-19-23-21-13-24(19)17-4-2-1-3-5-17/h1-5,13-16H,6-12H2,(H,22,25). The molecule has 2 aromatic rings. The molecule has 1 N–H and O–H groups in total. The highest BCUT2D eigenvalue weighted by Gasteiger charge is 2.51. The van der Waals surface area contributed by atoms with Gasteiger partial charge in [-0.1, -0.05) is 30.0 Å². The van der Waals surface area contributed by atoms with Gasteiger partial charge < -0.3 is 5.32 Å². The van der Waals surface area contributed by atoms with Crippen molar-refractivity contribution in [1.82, 2.24) is 20.1 Å². The molecular weight excluding hydrogens is 344 g/mol. The quantitative estimate of drug-likeness (QED) is 0.821. The van der Waals surface area contributed by atoms with Gasteiger partial charge >= 0.3 is 0 Å². The van der Waals surface area contributed by atoms with E-state index in [1.54, 1.807) is 6.33 Å². The predicted molar refractivity (Wildman–Crippen MR) is 101 cm³/mol. The number of carbonyl (C=O) groups excluding carboxylic acids is 1.